The van der Waals surface area contributed by atoms with Crippen LogP contribution in [0.25, 0.3) is 0 Å². The minimum absolute atomic E-state index is 0.139. The average molecular weight is 114 g/mol. The standard InChI is InChI=1S/C5H10N2O/c1-4(5(2)8)7-3-6/h4-5,7-8H,1-2H3. The number of nitriles is 1. The maximum absolute atomic E-state index is 8.74. The molecule has 0 saturated heterocycles. The van der Waals surface area contributed by atoms with Crippen LogP contribution >= 0.6 is 0 Å². The second-order valence-electron chi connectivity index (χ2n) is 1.79. The van der Waals surface area contributed by atoms with Crippen LogP contribution in [0.2, 0.25) is 0 Å². The van der Waals surface area contributed by atoms with Crippen LogP contribution < -0.4 is 5.32 Å². The van der Waals surface area contributed by atoms with Crippen LogP contribution in [0.1, 0.15) is 13.8 Å². The van der Waals surface area contributed by atoms with Gasteiger partial charge in [-0.15, -0.1) is 0 Å². The Kier molecular flexibility index (Phi) is 2.97. The van der Waals surface area contributed by atoms with Gasteiger partial charge in [-0.1, -0.05) is 0 Å². The summed E-state index contributed by atoms with van der Waals surface area (Å²) < 4.78 is 0. The largest absolute Gasteiger partial charge is 0.391 e. The lowest BCUT2D eigenvalue weighted by Gasteiger charge is -2.10. The molecule has 0 aliphatic heterocycles. The highest BCUT2D eigenvalue weighted by atomic mass is 16.3. The van der Waals surface area contributed by atoms with Gasteiger partial charge in [0.25, 0.3) is 0 Å². The lowest BCUT2D eigenvalue weighted by atomic mass is 10.2. The highest BCUT2D eigenvalue weighted by Crippen LogP contribution is 1.87. The molecule has 0 aliphatic rings. The molecule has 0 radical (unpaired) electrons. The van der Waals surface area contributed by atoms with Crippen molar-refractivity contribution in [3.05, 3.63) is 0 Å². The molecular weight excluding hydrogens is 104 g/mol. The zero-order valence-corrected chi connectivity index (χ0v) is 5.05. The third kappa shape index (κ3) is 2.43. The predicted molar refractivity (Wildman–Crippen MR) is 29.9 cm³/mol. The lowest BCUT2D eigenvalue weighted by Crippen LogP contribution is -2.31. The minimum Gasteiger partial charge on any atom is -0.391 e. The maximum Gasteiger partial charge on any atom is 0.176 e. The first-order chi connectivity index (χ1) is 3.68. The van der Waals surface area contributed by atoms with Gasteiger partial charge in [0.05, 0.1) is 12.1 Å². The summed E-state index contributed by atoms with van der Waals surface area (Å²) in [6.45, 7) is 3.38. The quantitative estimate of drug-likeness (QED) is 0.387. The molecule has 0 aromatic heterocycles. The number of hydrogen-bond donors (Lipinski definition) is 2. The van der Waals surface area contributed by atoms with E-state index in [9.17, 15) is 0 Å². The molecule has 2 atom stereocenters. The summed E-state index contributed by atoms with van der Waals surface area (Å²) in [4.78, 5) is 0. The molecule has 0 aliphatic carbocycles. The minimum atomic E-state index is -0.463. The number of rotatable bonds is 2. The molecule has 0 heterocycles. The van der Waals surface area contributed by atoms with Gasteiger partial charge in [-0.05, 0) is 13.8 Å². The van der Waals surface area contributed by atoms with Crippen molar-refractivity contribution in [2.75, 3.05) is 0 Å². The van der Waals surface area contributed by atoms with Crippen molar-refractivity contribution in [1.29, 1.82) is 5.26 Å². The summed E-state index contributed by atoms with van der Waals surface area (Å²) in [7, 11) is 0. The molecule has 0 amide bonds. The number of nitrogens with one attached hydrogen (secondary N) is 1. The van der Waals surface area contributed by atoms with Crippen molar-refractivity contribution < 1.29 is 5.11 Å². The highest BCUT2D eigenvalue weighted by Gasteiger charge is 2.04. The Balaban J connectivity index is 3.35. The summed E-state index contributed by atoms with van der Waals surface area (Å²) in [6.07, 6.45) is 1.28. The zero-order chi connectivity index (χ0) is 6.57. The third-order valence-corrected chi connectivity index (χ3v) is 1.02. The monoisotopic (exact) mass is 114 g/mol. The van der Waals surface area contributed by atoms with Crippen molar-refractivity contribution >= 4 is 0 Å². The van der Waals surface area contributed by atoms with E-state index in [1.807, 2.05) is 0 Å². The summed E-state index contributed by atoms with van der Waals surface area (Å²) in [5.74, 6) is 0. The van der Waals surface area contributed by atoms with Gasteiger partial charge in [-0.3, -0.25) is 0 Å². The molecule has 0 saturated carbocycles. The van der Waals surface area contributed by atoms with E-state index in [4.69, 9.17) is 10.4 Å². The van der Waals surface area contributed by atoms with Crippen molar-refractivity contribution in [3.63, 3.8) is 0 Å². The van der Waals surface area contributed by atoms with Crippen molar-refractivity contribution in [2.45, 2.75) is 26.0 Å². The van der Waals surface area contributed by atoms with E-state index >= 15 is 0 Å². The van der Waals surface area contributed by atoms with Crippen LogP contribution in [0, 0.1) is 11.5 Å². The molecule has 0 rings (SSSR count). The molecule has 2 N–H and O–H groups in total. The fourth-order valence-electron chi connectivity index (χ4n) is 0.222. The molecule has 0 spiro atoms. The van der Waals surface area contributed by atoms with Crippen LogP contribution in [0.4, 0.5) is 0 Å². The van der Waals surface area contributed by atoms with Crippen LogP contribution in [0.15, 0.2) is 0 Å². The molecular formula is C5H10N2O. The topological polar surface area (TPSA) is 56.0 Å². The first kappa shape index (κ1) is 7.25. The van der Waals surface area contributed by atoms with Gasteiger partial charge < -0.3 is 10.4 Å². The fourth-order valence-corrected chi connectivity index (χ4v) is 0.222. The Morgan fingerprint density at radius 1 is 1.62 bits per heavy atom. The van der Waals surface area contributed by atoms with Crippen molar-refractivity contribution in [2.24, 2.45) is 0 Å². The normalized spacial score (nSPS) is 16.2. The molecule has 0 aromatic carbocycles. The van der Waals surface area contributed by atoms with Gasteiger partial charge in [0, 0.05) is 0 Å². The van der Waals surface area contributed by atoms with Gasteiger partial charge in [-0.2, -0.15) is 5.26 Å². The second-order valence-corrected chi connectivity index (χ2v) is 1.79. The van der Waals surface area contributed by atoms with E-state index in [1.165, 1.54) is 0 Å². The first-order valence-corrected chi connectivity index (χ1v) is 2.51. The number of aliphatic hydroxyl groups is 1. The van der Waals surface area contributed by atoms with E-state index in [0.29, 0.717) is 0 Å². The van der Waals surface area contributed by atoms with Crippen LogP contribution in [0.3, 0.4) is 0 Å². The summed E-state index contributed by atoms with van der Waals surface area (Å²) in [5, 5.41) is 19.2. The molecule has 0 fully saturated rings. The average Bonchev–Trinajstić information content (AvgIpc) is 1.67. The first-order valence-electron chi connectivity index (χ1n) is 2.51. The van der Waals surface area contributed by atoms with Crippen LogP contribution in [-0.4, -0.2) is 17.3 Å². The molecule has 0 bridgehead atoms. The smallest absolute Gasteiger partial charge is 0.176 e. The summed E-state index contributed by atoms with van der Waals surface area (Å²) >= 11 is 0. The molecule has 0 aromatic rings. The Labute approximate surface area is 48.9 Å². The molecule has 8 heavy (non-hydrogen) atoms. The third-order valence-electron chi connectivity index (χ3n) is 1.02. The summed E-state index contributed by atoms with van der Waals surface area (Å²) in [6, 6.07) is -0.139. The molecule has 3 heteroatoms. The zero-order valence-electron chi connectivity index (χ0n) is 5.05. The Bertz CT molecular complexity index is 95.1. The SMILES string of the molecule is CC(O)C(C)NC#N. The van der Waals surface area contributed by atoms with Gasteiger partial charge in [0.15, 0.2) is 6.19 Å². The van der Waals surface area contributed by atoms with Gasteiger partial charge in [0.2, 0.25) is 0 Å². The van der Waals surface area contributed by atoms with E-state index in [2.05, 4.69) is 5.32 Å². The van der Waals surface area contributed by atoms with Gasteiger partial charge in [-0.25, -0.2) is 0 Å². The maximum atomic E-state index is 8.74. The Morgan fingerprint density at radius 2 is 2.12 bits per heavy atom. The summed E-state index contributed by atoms with van der Waals surface area (Å²) in [5.41, 5.74) is 0. The Morgan fingerprint density at radius 3 is 2.25 bits per heavy atom. The van der Waals surface area contributed by atoms with Crippen LogP contribution in [-0.2, 0) is 0 Å². The van der Waals surface area contributed by atoms with E-state index < -0.39 is 6.10 Å². The van der Waals surface area contributed by atoms with Crippen molar-refractivity contribution in [1.82, 2.24) is 5.32 Å². The van der Waals surface area contributed by atoms with Crippen LogP contribution in [0.5, 0.6) is 0 Å². The van der Waals surface area contributed by atoms with E-state index in [-0.39, 0.29) is 6.04 Å². The van der Waals surface area contributed by atoms with Gasteiger partial charge >= 0.3 is 0 Å². The molecule has 46 valence electrons. The Hall–Kier alpha value is -0.750. The second kappa shape index (κ2) is 3.28. The van der Waals surface area contributed by atoms with Crippen molar-refractivity contribution in [3.8, 4) is 6.19 Å². The number of hydrogen-bond acceptors (Lipinski definition) is 3. The highest BCUT2D eigenvalue weighted by molar-refractivity contribution is 4.75. The number of aliphatic hydroxyl groups excluding tert-OH is 1. The fraction of sp³-hybridized carbons (Fsp3) is 0.800. The molecule has 3 nitrogen and oxygen atoms in total. The van der Waals surface area contributed by atoms with Gasteiger partial charge in [0.1, 0.15) is 0 Å². The van der Waals surface area contributed by atoms with E-state index in [0.717, 1.165) is 0 Å². The van der Waals surface area contributed by atoms with E-state index in [1.54, 1.807) is 20.0 Å². The predicted octanol–water partition coefficient (Wildman–Crippen LogP) is -0.174. The molecule has 2 unspecified atom stereocenters. The number of nitrogens with zero attached hydrogens (tertiary/aromatic N) is 1. The lowest BCUT2D eigenvalue weighted by molar-refractivity contribution is 0.160.